The highest BCUT2D eigenvalue weighted by Crippen LogP contribution is 2.41. The summed E-state index contributed by atoms with van der Waals surface area (Å²) in [6.07, 6.45) is 0. The molecule has 0 saturated heterocycles. The van der Waals surface area contributed by atoms with Crippen LogP contribution in [0.3, 0.4) is 0 Å². The molecule has 0 aliphatic carbocycles. The number of anilines is 5. The Balaban J connectivity index is 1.66. The van der Waals surface area contributed by atoms with E-state index in [1.807, 2.05) is 0 Å². The van der Waals surface area contributed by atoms with Gasteiger partial charge in [-0.1, -0.05) is 114 Å². The molecule has 0 fully saturated rings. The van der Waals surface area contributed by atoms with Gasteiger partial charge in [-0.15, -0.1) is 0 Å². The molecule has 214 valence electrons. The number of nitrogen functional groups attached to an aromatic ring is 2. The predicted octanol–water partition coefficient (Wildman–Crippen LogP) is 10.1. The van der Waals surface area contributed by atoms with Crippen LogP contribution in [0.1, 0.15) is 75.3 Å². The van der Waals surface area contributed by atoms with Gasteiger partial charge < -0.3 is 16.4 Å². The van der Waals surface area contributed by atoms with Crippen molar-refractivity contribution in [1.29, 1.82) is 0 Å². The van der Waals surface area contributed by atoms with Crippen LogP contribution in [0.5, 0.6) is 0 Å². The predicted molar refractivity (Wildman–Crippen MR) is 181 cm³/mol. The minimum atomic E-state index is -0.0714. The van der Waals surface area contributed by atoms with Gasteiger partial charge >= 0.3 is 0 Å². The molecular formula is C39H43N3. The Morgan fingerprint density at radius 1 is 0.452 bits per heavy atom. The standard InChI is InChI=1S/C39H43N3/c1-38(2,3)33-25-28(19-23-35(33)40)37(29-20-24-36(41)34(26-29)39(4,5)6)27-17-21-32(22-18-27)42(30-13-9-7-10-14-30)31-15-11-8-12-16-31/h7-26,37H,40-41H2,1-6H3. The van der Waals surface area contributed by atoms with Crippen LogP contribution in [0.4, 0.5) is 28.4 Å². The lowest BCUT2D eigenvalue weighted by Crippen LogP contribution is -2.17. The van der Waals surface area contributed by atoms with E-state index in [0.717, 1.165) is 39.6 Å². The van der Waals surface area contributed by atoms with Crippen molar-refractivity contribution in [3.05, 3.63) is 149 Å². The number of rotatable bonds is 6. The van der Waals surface area contributed by atoms with Crippen LogP contribution in [0, 0.1) is 0 Å². The second-order valence-corrected chi connectivity index (χ2v) is 13.2. The third-order valence-electron chi connectivity index (χ3n) is 7.95. The zero-order valence-electron chi connectivity index (χ0n) is 25.7. The molecule has 0 unspecified atom stereocenters. The van der Waals surface area contributed by atoms with E-state index in [-0.39, 0.29) is 16.7 Å². The number of hydrogen-bond acceptors (Lipinski definition) is 3. The van der Waals surface area contributed by atoms with Crippen molar-refractivity contribution in [3.8, 4) is 0 Å². The van der Waals surface area contributed by atoms with Gasteiger partial charge in [-0.2, -0.15) is 0 Å². The lowest BCUT2D eigenvalue weighted by Gasteiger charge is -2.28. The summed E-state index contributed by atoms with van der Waals surface area (Å²) in [6.45, 7) is 13.3. The molecule has 0 bridgehead atoms. The molecule has 0 aliphatic heterocycles. The molecule has 5 rings (SSSR count). The molecule has 0 aliphatic rings. The number of benzene rings is 5. The van der Waals surface area contributed by atoms with E-state index in [2.05, 4.69) is 168 Å². The van der Waals surface area contributed by atoms with Crippen LogP contribution >= 0.6 is 0 Å². The Bertz CT molecular complexity index is 1540. The van der Waals surface area contributed by atoms with Crippen molar-refractivity contribution in [2.24, 2.45) is 0 Å². The normalized spacial score (nSPS) is 12.0. The summed E-state index contributed by atoms with van der Waals surface area (Å²) in [7, 11) is 0. The smallest absolute Gasteiger partial charge is 0.0461 e. The van der Waals surface area contributed by atoms with Crippen molar-refractivity contribution in [2.75, 3.05) is 16.4 Å². The monoisotopic (exact) mass is 553 g/mol. The molecule has 0 heterocycles. The summed E-state index contributed by atoms with van der Waals surface area (Å²) >= 11 is 0. The zero-order valence-corrected chi connectivity index (χ0v) is 25.7. The summed E-state index contributed by atoms with van der Waals surface area (Å²) in [5.74, 6) is 0.0179. The van der Waals surface area contributed by atoms with Crippen molar-refractivity contribution < 1.29 is 0 Å². The summed E-state index contributed by atoms with van der Waals surface area (Å²) in [6, 6.07) is 43.1. The van der Waals surface area contributed by atoms with Gasteiger partial charge in [0.15, 0.2) is 0 Å². The SMILES string of the molecule is CC(C)(C)c1cc(C(c2ccc(N(c3ccccc3)c3ccccc3)cc2)c2ccc(N)c(C(C)(C)C)c2)ccc1N. The van der Waals surface area contributed by atoms with E-state index in [0.29, 0.717) is 0 Å². The van der Waals surface area contributed by atoms with Crippen molar-refractivity contribution in [2.45, 2.75) is 58.3 Å². The van der Waals surface area contributed by atoms with Gasteiger partial charge in [0.25, 0.3) is 0 Å². The first-order chi connectivity index (χ1) is 19.9. The molecule has 0 atom stereocenters. The van der Waals surface area contributed by atoms with Gasteiger partial charge in [0, 0.05) is 34.4 Å². The fourth-order valence-corrected chi connectivity index (χ4v) is 5.80. The largest absolute Gasteiger partial charge is 0.398 e. The molecule has 0 aromatic heterocycles. The Morgan fingerprint density at radius 3 is 1.19 bits per heavy atom. The first kappa shape index (κ1) is 29.0. The van der Waals surface area contributed by atoms with Gasteiger partial charge in [-0.05, 0) is 87.2 Å². The average Bonchev–Trinajstić information content (AvgIpc) is 2.96. The maximum atomic E-state index is 6.50. The third-order valence-corrected chi connectivity index (χ3v) is 7.95. The minimum Gasteiger partial charge on any atom is -0.398 e. The van der Waals surface area contributed by atoms with Gasteiger partial charge in [-0.3, -0.25) is 0 Å². The quantitative estimate of drug-likeness (QED) is 0.162. The fraction of sp³-hybridized carbons (Fsp3) is 0.231. The summed E-state index contributed by atoms with van der Waals surface area (Å²) in [5, 5.41) is 0. The van der Waals surface area contributed by atoms with Crippen LogP contribution in [-0.2, 0) is 10.8 Å². The Hall–Kier alpha value is -4.50. The number of nitrogens with two attached hydrogens (primary N) is 2. The molecule has 4 N–H and O–H groups in total. The maximum absolute atomic E-state index is 6.50. The molecule has 5 aromatic carbocycles. The molecule has 0 saturated carbocycles. The molecule has 3 nitrogen and oxygen atoms in total. The minimum absolute atomic E-state index is 0.0179. The average molecular weight is 554 g/mol. The van der Waals surface area contributed by atoms with E-state index >= 15 is 0 Å². The molecular weight excluding hydrogens is 510 g/mol. The van der Waals surface area contributed by atoms with Crippen molar-refractivity contribution >= 4 is 28.4 Å². The molecule has 5 aromatic rings. The molecule has 3 heteroatoms. The van der Waals surface area contributed by atoms with E-state index < -0.39 is 0 Å². The summed E-state index contributed by atoms with van der Waals surface area (Å²) in [5.41, 5.74) is 23.8. The summed E-state index contributed by atoms with van der Waals surface area (Å²) < 4.78 is 0. The highest BCUT2D eigenvalue weighted by atomic mass is 15.1. The van der Waals surface area contributed by atoms with Crippen LogP contribution in [0.25, 0.3) is 0 Å². The Morgan fingerprint density at radius 2 is 0.810 bits per heavy atom. The van der Waals surface area contributed by atoms with Gasteiger partial charge in [0.05, 0.1) is 0 Å². The third kappa shape index (κ3) is 6.06. The summed E-state index contributed by atoms with van der Waals surface area (Å²) in [4.78, 5) is 2.29. The van der Waals surface area contributed by atoms with Crippen LogP contribution in [-0.4, -0.2) is 0 Å². The highest BCUT2D eigenvalue weighted by Gasteiger charge is 2.25. The topological polar surface area (TPSA) is 55.3 Å². The maximum Gasteiger partial charge on any atom is 0.0461 e. The van der Waals surface area contributed by atoms with Gasteiger partial charge in [0.2, 0.25) is 0 Å². The Labute approximate surface area is 251 Å². The van der Waals surface area contributed by atoms with Gasteiger partial charge in [-0.25, -0.2) is 0 Å². The van der Waals surface area contributed by atoms with E-state index in [1.54, 1.807) is 0 Å². The molecule has 0 radical (unpaired) electrons. The van der Waals surface area contributed by atoms with Crippen molar-refractivity contribution in [1.82, 2.24) is 0 Å². The number of para-hydroxylation sites is 2. The van der Waals surface area contributed by atoms with Gasteiger partial charge in [0.1, 0.15) is 0 Å². The first-order valence-electron chi connectivity index (χ1n) is 14.7. The lowest BCUT2D eigenvalue weighted by atomic mass is 9.78. The number of nitrogens with zero attached hydrogens (tertiary/aromatic N) is 1. The van der Waals surface area contributed by atoms with Crippen LogP contribution in [0.2, 0.25) is 0 Å². The fourth-order valence-electron chi connectivity index (χ4n) is 5.80. The second-order valence-electron chi connectivity index (χ2n) is 13.2. The first-order valence-corrected chi connectivity index (χ1v) is 14.7. The van der Waals surface area contributed by atoms with E-state index in [9.17, 15) is 0 Å². The molecule has 42 heavy (non-hydrogen) atoms. The van der Waals surface area contributed by atoms with E-state index in [1.165, 1.54) is 16.7 Å². The number of hydrogen-bond donors (Lipinski definition) is 2. The second kappa shape index (κ2) is 11.4. The lowest BCUT2D eigenvalue weighted by molar-refractivity contribution is 0.590. The zero-order chi connectivity index (χ0) is 30.1. The highest BCUT2D eigenvalue weighted by molar-refractivity contribution is 5.76. The molecule has 0 spiro atoms. The molecule has 0 amide bonds. The van der Waals surface area contributed by atoms with Crippen molar-refractivity contribution in [3.63, 3.8) is 0 Å². The van der Waals surface area contributed by atoms with E-state index in [4.69, 9.17) is 11.5 Å². The Kier molecular flexibility index (Phi) is 7.88. The van der Waals surface area contributed by atoms with Crippen LogP contribution < -0.4 is 16.4 Å². The van der Waals surface area contributed by atoms with Crippen LogP contribution in [0.15, 0.2) is 121 Å².